The lowest BCUT2D eigenvalue weighted by molar-refractivity contribution is 0.101. The summed E-state index contributed by atoms with van der Waals surface area (Å²) in [6.45, 7) is 4.20. The van der Waals surface area contributed by atoms with Gasteiger partial charge in [0, 0.05) is 23.8 Å². The van der Waals surface area contributed by atoms with E-state index in [4.69, 9.17) is 0 Å². The second-order valence-electron chi connectivity index (χ2n) is 4.58. The fourth-order valence-electron chi connectivity index (χ4n) is 1.97. The maximum Gasteiger partial charge on any atom is 0.322 e. The topological polar surface area (TPSA) is 49.4 Å². The molecule has 4 heteroatoms. The molecule has 0 aliphatic heterocycles. The Hall–Kier alpha value is -1.84. The maximum atomic E-state index is 12.0. The van der Waals surface area contributed by atoms with Gasteiger partial charge in [0.15, 0.2) is 5.78 Å². The van der Waals surface area contributed by atoms with Gasteiger partial charge in [0.25, 0.3) is 0 Å². The van der Waals surface area contributed by atoms with Crippen molar-refractivity contribution in [2.24, 2.45) is 0 Å². The smallest absolute Gasteiger partial charge is 0.322 e. The number of carbonyl (C=O) groups excluding carboxylic acids is 2. The Labute approximate surface area is 107 Å². The van der Waals surface area contributed by atoms with Crippen molar-refractivity contribution in [1.29, 1.82) is 0 Å². The van der Waals surface area contributed by atoms with E-state index >= 15 is 0 Å². The standard InChI is InChI=1S/C14H18N2O2/c1-3-16(13-7-8-13)14(18)15-12-6-4-5-11(9-12)10(2)17/h4-6,9,13H,3,7-8H2,1-2H3,(H,15,18). The molecule has 0 radical (unpaired) electrons. The van der Waals surface area contributed by atoms with Crippen LogP contribution in [0.1, 0.15) is 37.0 Å². The molecule has 1 aliphatic carbocycles. The highest BCUT2D eigenvalue weighted by atomic mass is 16.2. The van der Waals surface area contributed by atoms with Crippen LogP contribution in [0.4, 0.5) is 10.5 Å². The molecular formula is C14H18N2O2. The van der Waals surface area contributed by atoms with Crippen molar-refractivity contribution in [3.8, 4) is 0 Å². The Kier molecular flexibility index (Phi) is 3.65. The summed E-state index contributed by atoms with van der Waals surface area (Å²) in [6.07, 6.45) is 2.18. The van der Waals surface area contributed by atoms with Gasteiger partial charge in [-0.25, -0.2) is 4.79 Å². The van der Waals surface area contributed by atoms with Crippen LogP contribution in [-0.4, -0.2) is 29.3 Å². The van der Waals surface area contributed by atoms with Crippen LogP contribution in [-0.2, 0) is 0 Å². The Morgan fingerprint density at radius 3 is 2.67 bits per heavy atom. The normalized spacial score (nSPS) is 14.1. The van der Waals surface area contributed by atoms with E-state index in [0.29, 0.717) is 23.8 Å². The van der Waals surface area contributed by atoms with Crippen molar-refractivity contribution in [2.45, 2.75) is 32.7 Å². The van der Waals surface area contributed by atoms with Crippen molar-refractivity contribution in [2.75, 3.05) is 11.9 Å². The molecule has 18 heavy (non-hydrogen) atoms. The van der Waals surface area contributed by atoms with Crippen LogP contribution in [0.3, 0.4) is 0 Å². The van der Waals surface area contributed by atoms with E-state index in [9.17, 15) is 9.59 Å². The molecule has 0 spiro atoms. The van der Waals surface area contributed by atoms with Crippen LogP contribution in [0.25, 0.3) is 0 Å². The van der Waals surface area contributed by atoms with Gasteiger partial charge in [0.05, 0.1) is 0 Å². The summed E-state index contributed by atoms with van der Waals surface area (Å²) in [5, 5.41) is 2.84. The third kappa shape index (κ3) is 2.88. The highest BCUT2D eigenvalue weighted by Crippen LogP contribution is 2.27. The van der Waals surface area contributed by atoms with Crippen molar-refractivity contribution < 1.29 is 9.59 Å². The highest BCUT2D eigenvalue weighted by Gasteiger charge is 2.31. The summed E-state index contributed by atoms with van der Waals surface area (Å²) in [6, 6.07) is 7.34. The second kappa shape index (κ2) is 5.21. The van der Waals surface area contributed by atoms with Crippen LogP contribution < -0.4 is 5.32 Å². The predicted molar refractivity (Wildman–Crippen MR) is 70.9 cm³/mol. The first-order chi connectivity index (χ1) is 8.61. The number of Topliss-reactive ketones (excluding diaryl/α,β-unsaturated/α-hetero) is 1. The zero-order valence-corrected chi connectivity index (χ0v) is 10.8. The van der Waals surface area contributed by atoms with Crippen molar-refractivity contribution in [3.63, 3.8) is 0 Å². The average Bonchev–Trinajstić information content (AvgIpc) is 3.14. The molecular weight excluding hydrogens is 228 g/mol. The fourth-order valence-corrected chi connectivity index (χ4v) is 1.97. The number of carbonyl (C=O) groups is 2. The maximum absolute atomic E-state index is 12.0. The van der Waals surface area contributed by atoms with Gasteiger partial charge in [0.2, 0.25) is 0 Å². The molecule has 2 amide bonds. The predicted octanol–water partition coefficient (Wildman–Crippen LogP) is 2.91. The Morgan fingerprint density at radius 2 is 2.11 bits per heavy atom. The monoisotopic (exact) mass is 246 g/mol. The molecule has 96 valence electrons. The van der Waals surface area contributed by atoms with E-state index in [1.165, 1.54) is 6.92 Å². The molecule has 0 bridgehead atoms. The molecule has 4 nitrogen and oxygen atoms in total. The fraction of sp³-hybridized carbons (Fsp3) is 0.429. The third-order valence-electron chi connectivity index (χ3n) is 3.11. The number of anilines is 1. The summed E-state index contributed by atoms with van der Waals surface area (Å²) in [4.78, 5) is 25.1. The molecule has 0 heterocycles. The lowest BCUT2D eigenvalue weighted by Gasteiger charge is -2.20. The van der Waals surface area contributed by atoms with Gasteiger partial charge in [-0.3, -0.25) is 4.79 Å². The van der Waals surface area contributed by atoms with Crippen LogP contribution in [0, 0.1) is 0 Å². The van der Waals surface area contributed by atoms with Crippen LogP contribution in [0.5, 0.6) is 0 Å². The molecule has 1 N–H and O–H groups in total. The zero-order valence-electron chi connectivity index (χ0n) is 10.8. The molecule has 1 fully saturated rings. The van der Waals surface area contributed by atoms with Gasteiger partial charge in [0.1, 0.15) is 0 Å². The second-order valence-corrected chi connectivity index (χ2v) is 4.58. The lowest BCUT2D eigenvalue weighted by atomic mass is 10.1. The van der Waals surface area contributed by atoms with Crippen LogP contribution in [0.15, 0.2) is 24.3 Å². The number of ketones is 1. The molecule has 1 aromatic carbocycles. The van der Waals surface area contributed by atoms with Crippen LogP contribution >= 0.6 is 0 Å². The Morgan fingerprint density at radius 1 is 1.39 bits per heavy atom. The van der Waals surface area contributed by atoms with Gasteiger partial charge < -0.3 is 10.2 Å². The minimum atomic E-state index is -0.0827. The Bertz CT molecular complexity index is 467. The molecule has 1 aromatic rings. The van der Waals surface area contributed by atoms with Gasteiger partial charge in [-0.1, -0.05) is 12.1 Å². The van der Waals surface area contributed by atoms with Crippen molar-refractivity contribution in [3.05, 3.63) is 29.8 Å². The van der Waals surface area contributed by atoms with Crippen molar-refractivity contribution in [1.82, 2.24) is 4.90 Å². The first kappa shape index (κ1) is 12.6. The average molecular weight is 246 g/mol. The summed E-state index contributed by atoms with van der Waals surface area (Å²) in [5.74, 6) is 0.000592. The van der Waals surface area contributed by atoms with Gasteiger partial charge >= 0.3 is 6.03 Å². The summed E-state index contributed by atoms with van der Waals surface area (Å²) < 4.78 is 0. The van der Waals surface area contributed by atoms with E-state index in [-0.39, 0.29) is 11.8 Å². The quantitative estimate of drug-likeness (QED) is 0.830. The molecule has 2 rings (SSSR count). The van der Waals surface area contributed by atoms with Crippen molar-refractivity contribution >= 4 is 17.5 Å². The number of urea groups is 1. The first-order valence-corrected chi connectivity index (χ1v) is 6.30. The summed E-state index contributed by atoms with van der Waals surface area (Å²) in [7, 11) is 0. The van der Waals surface area contributed by atoms with Gasteiger partial charge in [-0.15, -0.1) is 0 Å². The highest BCUT2D eigenvalue weighted by molar-refractivity contribution is 5.96. The molecule has 0 saturated heterocycles. The molecule has 0 atom stereocenters. The molecule has 0 unspecified atom stereocenters. The largest absolute Gasteiger partial charge is 0.322 e. The van der Waals surface area contributed by atoms with Gasteiger partial charge in [-0.2, -0.15) is 0 Å². The molecule has 0 aromatic heterocycles. The zero-order chi connectivity index (χ0) is 13.1. The van der Waals surface area contributed by atoms with E-state index in [2.05, 4.69) is 5.32 Å². The van der Waals surface area contributed by atoms with Gasteiger partial charge in [-0.05, 0) is 38.8 Å². The first-order valence-electron chi connectivity index (χ1n) is 6.30. The molecule has 1 aliphatic rings. The minimum absolute atomic E-state index is 0.000592. The van der Waals surface area contributed by atoms with E-state index in [1.807, 2.05) is 11.8 Å². The number of nitrogens with one attached hydrogen (secondary N) is 1. The SMILES string of the molecule is CCN(C(=O)Nc1cccc(C(C)=O)c1)C1CC1. The minimum Gasteiger partial charge on any atom is -0.322 e. The number of nitrogens with zero attached hydrogens (tertiary/aromatic N) is 1. The van der Waals surface area contributed by atoms with E-state index in [1.54, 1.807) is 24.3 Å². The lowest BCUT2D eigenvalue weighted by Crippen LogP contribution is -2.36. The molecule has 1 saturated carbocycles. The number of amides is 2. The number of benzene rings is 1. The Balaban J connectivity index is 2.06. The van der Waals surface area contributed by atoms with E-state index in [0.717, 1.165) is 12.8 Å². The summed E-state index contributed by atoms with van der Waals surface area (Å²) >= 11 is 0. The number of hydrogen-bond acceptors (Lipinski definition) is 2. The third-order valence-corrected chi connectivity index (χ3v) is 3.11. The summed E-state index contributed by atoms with van der Waals surface area (Å²) in [5.41, 5.74) is 1.29. The van der Waals surface area contributed by atoms with E-state index < -0.39 is 0 Å². The van der Waals surface area contributed by atoms with Crippen LogP contribution in [0.2, 0.25) is 0 Å². The number of rotatable bonds is 4. The number of hydrogen-bond donors (Lipinski definition) is 1.